The van der Waals surface area contributed by atoms with Gasteiger partial charge < -0.3 is 15.4 Å². The van der Waals surface area contributed by atoms with Crippen molar-refractivity contribution < 1.29 is 9.53 Å². The largest absolute Gasteiger partial charge is 0.490 e. The Morgan fingerprint density at radius 2 is 1.84 bits per heavy atom. The summed E-state index contributed by atoms with van der Waals surface area (Å²) in [4.78, 5) is 42.0. The molecule has 0 atom stereocenters. The Kier molecular flexibility index (Phi) is 9.12. The molecule has 0 saturated carbocycles. The Hall–Kier alpha value is -3.29. The lowest BCUT2D eigenvalue weighted by molar-refractivity contribution is 0.0986. The number of ether oxygens (including phenoxy) is 1. The van der Waals surface area contributed by atoms with E-state index in [-0.39, 0.29) is 17.4 Å². The van der Waals surface area contributed by atoms with Crippen LogP contribution in [-0.4, -0.2) is 28.6 Å². The van der Waals surface area contributed by atoms with Crippen molar-refractivity contribution >= 4 is 17.4 Å². The summed E-state index contributed by atoms with van der Waals surface area (Å²) in [7, 11) is 0. The first-order valence-electron chi connectivity index (χ1n) is 10.7. The molecule has 3 N–H and O–H groups in total. The molecule has 0 radical (unpaired) electrons. The first kappa shape index (κ1) is 24.0. The maximum atomic E-state index is 13.4. The molecule has 1 heterocycles. The van der Waals surface area contributed by atoms with Crippen LogP contribution >= 0.6 is 0 Å². The highest BCUT2D eigenvalue weighted by atomic mass is 16.5. The predicted molar refractivity (Wildman–Crippen MR) is 124 cm³/mol. The molecule has 0 aliphatic carbocycles. The van der Waals surface area contributed by atoms with Crippen LogP contribution in [0.25, 0.3) is 0 Å². The van der Waals surface area contributed by atoms with Crippen molar-refractivity contribution in [3.05, 3.63) is 63.3 Å². The van der Waals surface area contributed by atoms with Crippen LogP contribution in [-0.2, 0) is 6.54 Å². The number of benzene rings is 1. The lowest BCUT2D eigenvalue weighted by Gasteiger charge is -2.24. The summed E-state index contributed by atoms with van der Waals surface area (Å²) in [5.41, 5.74) is 5.43. The van der Waals surface area contributed by atoms with Gasteiger partial charge in [0.05, 0.1) is 0 Å². The van der Waals surface area contributed by atoms with Gasteiger partial charge in [0.25, 0.3) is 11.5 Å². The number of nitrogens with zero attached hydrogens (tertiary/aromatic N) is 2. The standard InChI is InChI=1S/C23H32N4O4/c1-4-7-9-15-26(22(29)17-10-12-18(13-11-17)31-16-6-3)19-20(24)27(14-8-5-2)23(30)25-21(19)28/h6,10-13H,3-5,7-9,14-16,24H2,1-2H3,(H,25,28,30). The van der Waals surface area contributed by atoms with Crippen LogP contribution in [0, 0.1) is 0 Å². The Labute approximate surface area is 182 Å². The number of rotatable bonds is 12. The van der Waals surface area contributed by atoms with Gasteiger partial charge in [-0.25, -0.2) is 4.79 Å². The zero-order valence-corrected chi connectivity index (χ0v) is 18.4. The van der Waals surface area contributed by atoms with Crippen molar-refractivity contribution in [3.8, 4) is 5.75 Å². The van der Waals surface area contributed by atoms with Gasteiger partial charge in [-0.1, -0.05) is 45.8 Å². The molecule has 31 heavy (non-hydrogen) atoms. The average Bonchev–Trinajstić information content (AvgIpc) is 2.76. The van der Waals surface area contributed by atoms with E-state index < -0.39 is 11.2 Å². The van der Waals surface area contributed by atoms with Gasteiger partial charge in [-0.3, -0.25) is 19.1 Å². The summed E-state index contributed by atoms with van der Waals surface area (Å²) in [6, 6.07) is 6.67. The van der Waals surface area contributed by atoms with Crippen LogP contribution in [0.1, 0.15) is 56.3 Å². The highest BCUT2D eigenvalue weighted by molar-refractivity contribution is 6.07. The molecular formula is C23H32N4O4. The number of carbonyl (C=O) groups excluding carboxylic acids is 1. The molecule has 2 rings (SSSR count). The Balaban J connectivity index is 2.46. The van der Waals surface area contributed by atoms with Gasteiger partial charge in [0.2, 0.25) is 0 Å². The van der Waals surface area contributed by atoms with Crippen molar-refractivity contribution in [1.29, 1.82) is 0 Å². The number of hydrogen-bond acceptors (Lipinski definition) is 5. The third-order valence-electron chi connectivity index (χ3n) is 4.92. The number of unbranched alkanes of at least 4 members (excludes halogenated alkanes) is 3. The van der Waals surface area contributed by atoms with Crippen molar-refractivity contribution in [2.24, 2.45) is 0 Å². The molecule has 168 valence electrons. The van der Waals surface area contributed by atoms with Crippen molar-refractivity contribution in [3.63, 3.8) is 0 Å². The first-order valence-corrected chi connectivity index (χ1v) is 10.7. The van der Waals surface area contributed by atoms with E-state index in [0.717, 1.165) is 25.7 Å². The fraction of sp³-hybridized carbons (Fsp3) is 0.435. The van der Waals surface area contributed by atoms with E-state index in [1.807, 2.05) is 6.92 Å². The van der Waals surface area contributed by atoms with Crippen molar-refractivity contribution in [2.45, 2.75) is 52.5 Å². The maximum absolute atomic E-state index is 13.4. The van der Waals surface area contributed by atoms with E-state index >= 15 is 0 Å². The number of carbonyl (C=O) groups is 1. The Bertz CT molecular complexity index is 992. The Morgan fingerprint density at radius 3 is 2.45 bits per heavy atom. The topological polar surface area (TPSA) is 110 Å². The second-order valence-electron chi connectivity index (χ2n) is 7.29. The molecule has 0 aliphatic rings. The molecule has 8 nitrogen and oxygen atoms in total. The number of nitrogen functional groups attached to an aromatic ring is 1. The highest BCUT2D eigenvalue weighted by Crippen LogP contribution is 2.22. The quantitative estimate of drug-likeness (QED) is 0.398. The number of amides is 1. The van der Waals surface area contributed by atoms with E-state index in [1.165, 1.54) is 9.47 Å². The van der Waals surface area contributed by atoms with Crippen LogP contribution in [0.5, 0.6) is 5.75 Å². The molecule has 0 fully saturated rings. The monoisotopic (exact) mass is 428 g/mol. The predicted octanol–water partition coefficient (Wildman–Crippen LogP) is 3.32. The van der Waals surface area contributed by atoms with Crippen LogP contribution in [0.4, 0.5) is 11.5 Å². The highest BCUT2D eigenvalue weighted by Gasteiger charge is 2.25. The van der Waals surface area contributed by atoms with Crippen LogP contribution in [0.3, 0.4) is 0 Å². The van der Waals surface area contributed by atoms with Crippen molar-refractivity contribution in [1.82, 2.24) is 9.55 Å². The molecule has 0 aliphatic heterocycles. The molecule has 8 heteroatoms. The van der Waals surface area contributed by atoms with Gasteiger partial charge in [-0.15, -0.1) is 0 Å². The molecule has 0 saturated heterocycles. The number of aromatic nitrogens is 2. The summed E-state index contributed by atoms with van der Waals surface area (Å²) >= 11 is 0. The van der Waals surface area contributed by atoms with Gasteiger partial charge in [0.1, 0.15) is 18.2 Å². The molecule has 1 amide bonds. The van der Waals surface area contributed by atoms with Crippen LogP contribution in [0.15, 0.2) is 46.5 Å². The van der Waals surface area contributed by atoms with Crippen molar-refractivity contribution in [2.75, 3.05) is 23.8 Å². The third-order valence-corrected chi connectivity index (χ3v) is 4.92. The van der Waals surface area contributed by atoms with Crippen LogP contribution in [0.2, 0.25) is 0 Å². The average molecular weight is 429 g/mol. The lowest BCUT2D eigenvalue weighted by atomic mass is 10.1. The summed E-state index contributed by atoms with van der Waals surface area (Å²) in [6.45, 7) is 8.72. The zero-order valence-electron chi connectivity index (χ0n) is 18.4. The molecule has 0 bridgehead atoms. The molecule has 1 aromatic carbocycles. The fourth-order valence-corrected chi connectivity index (χ4v) is 3.22. The van der Waals surface area contributed by atoms with Gasteiger partial charge in [0, 0.05) is 18.7 Å². The molecule has 1 aromatic heterocycles. The minimum Gasteiger partial charge on any atom is -0.490 e. The Morgan fingerprint density at radius 1 is 1.16 bits per heavy atom. The fourth-order valence-electron chi connectivity index (χ4n) is 3.22. The second-order valence-corrected chi connectivity index (χ2v) is 7.29. The molecule has 0 spiro atoms. The maximum Gasteiger partial charge on any atom is 0.330 e. The summed E-state index contributed by atoms with van der Waals surface area (Å²) in [5, 5.41) is 0. The third kappa shape index (κ3) is 6.10. The number of nitrogens with one attached hydrogen (secondary N) is 1. The number of H-pyrrole nitrogens is 1. The molecule has 2 aromatic rings. The second kappa shape index (κ2) is 11.8. The van der Waals surface area contributed by atoms with Gasteiger partial charge >= 0.3 is 5.69 Å². The lowest BCUT2D eigenvalue weighted by Crippen LogP contribution is -2.41. The summed E-state index contributed by atoms with van der Waals surface area (Å²) < 4.78 is 6.79. The zero-order chi connectivity index (χ0) is 22.8. The molecular weight excluding hydrogens is 396 g/mol. The number of nitrogens with two attached hydrogens (primary N) is 1. The summed E-state index contributed by atoms with van der Waals surface area (Å²) in [5.74, 6) is 0.265. The molecule has 0 unspecified atom stereocenters. The number of aromatic amines is 1. The van der Waals surface area contributed by atoms with E-state index in [2.05, 4.69) is 18.5 Å². The van der Waals surface area contributed by atoms with Crippen LogP contribution < -0.4 is 26.6 Å². The SMILES string of the molecule is C=CCOc1ccc(C(=O)N(CCCCC)c2c(N)n(CCCC)c(=O)[nH]c2=O)cc1. The summed E-state index contributed by atoms with van der Waals surface area (Å²) in [6.07, 6.45) is 5.78. The van der Waals surface area contributed by atoms with Gasteiger partial charge in [-0.05, 0) is 37.1 Å². The number of hydrogen-bond donors (Lipinski definition) is 2. The minimum atomic E-state index is -0.661. The van der Waals surface area contributed by atoms with E-state index in [9.17, 15) is 14.4 Å². The van der Waals surface area contributed by atoms with Gasteiger partial charge in [-0.2, -0.15) is 0 Å². The first-order chi connectivity index (χ1) is 14.9. The normalized spacial score (nSPS) is 10.6. The number of anilines is 2. The van der Waals surface area contributed by atoms with Gasteiger partial charge in [0.15, 0.2) is 5.69 Å². The smallest absolute Gasteiger partial charge is 0.330 e. The minimum absolute atomic E-state index is 0.0120. The van der Waals surface area contributed by atoms with E-state index in [4.69, 9.17) is 10.5 Å². The van der Waals surface area contributed by atoms with E-state index in [0.29, 0.717) is 37.4 Å². The van der Waals surface area contributed by atoms with E-state index in [1.54, 1.807) is 30.3 Å².